The highest BCUT2D eigenvalue weighted by Gasteiger charge is 2.42. The molecule has 3 amide bonds. The monoisotopic (exact) mass is 622 g/mol. The number of halogens is 3. The molecule has 0 aliphatic carbocycles. The first-order valence-corrected chi connectivity index (χ1v) is 14.9. The van der Waals surface area contributed by atoms with Gasteiger partial charge in [0.2, 0.25) is 5.76 Å². The summed E-state index contributed by atoms with van der Waals surface area (Å²) in [6, 6.07) is 16.9. The molecule has 45 heavy (non-hydrogen) atoms. The third-order valence-electron chi connectivity index (χ3n) is 7.83. The maximum Gasteiger partial charge on any atom is 0.452 e. The smallest absolute Gasteiger partial charge is 0.436 e. The molecule has 4 aromatic rings. The lowest BCUT2D eigenvalue weighted by Crippen LogP contribution is -2.39. The number of alkyl halides is 3. The van der Waals surface area contributed by atoms with Crippen molar-refractivity contribution < 1.29 is 27.2 Å². The van der Waals surface area contributed by atoms with Gasteiger partial charge < -0.3 is 14.6 Å². The quantitative estimate of drug-likeness (QED) is 0.231. The van der Waals surface area contributed by atoms with E-state index < -0.39 is 29.6 Å². The van der Waals surface area contributed by atoms with E-state index in [2.05, 4.69) is 40.8 Å². The zero-order chi connectivity index (χ0) is 32.5. The van der Waals surface area contributed by atoms with Crippen LogP contribution in [0.2, 0.25) is 0 Å². The second-order valence-corrected chi connectivity index (χ2v) is 12.5. The fourth-order valence-electron chi connectivity index (χ4n) is 5.31. The number of hydrogen-bond acceptors (Lipinski definition) is 5. The third kappa shape index (κ3) is 7.55. The molecular formula is C33H37F3N6O3. The molecule has 0 saturated carbocycles. The van der Waals surface area contributed by atoms with Gasteiger partial charge in [-0.2, -0.15) is 18.3 Å². The van der Waals surface area contributed by atoms with E-state index in [-0.39, 0.29) is 17.2 Å². The van der Waals surface area contributed by atoms with Crippen molar-refractivity contribution in [1.82, 2.24) is 19.7 Å². The number of amides is 3. The van der Waals surface area contributed by atoms with Gasteiger partial charge in [-0.25, -0.2) is 14.5 Å². The predicted molar refractivity (Wildman–Crippen MR) is 165 cm³/mol. The van der Waals surface area contributed by atoms with E-state index in [1.807, 2.05) is 61.5 Å². The minimum absolute atomic E-state index is 0.195. The minimum Gasteiger partial charge on any atom is -0.436 e. The fraction of sp³-hybridized carbons (Fsp3) is 0.394. The molecule has 2 N–H and O–H groups in total. The molecule has 12 heteroatoms. The van der Waals surface area contributed by atoms with Crippen LogP contribution in [0.1, 0.15) is 72.6 Å². The Bertz CT molecular complexity index is 1660. The number of rotatable bonds is 6. The lowest BCUT2D eigenvalue weighted by atomic mass is 9.90. The van der Waals surface area contributed by atoms with E-state index in [1.54, 1.807) is 4.68 Å². The van der Waals surface area contributed by atoms with Gasteiger partial charge in [0.1, 0.15) is 5.82 Å². The maximum absolute atomic E-state index is 13.3. The molecule has 0 spiro atoms. The van der Waals surface area contributed by atoms with Crippen LogP contribution in [0.25, 0.3) is 5.69 Å². The summed E-state index contributed by atoms with van der Waals surface area (Å²) in [7, 11) is 0. The van der Waals surface area contributed by atoms with Crippen LogP contribution in [0.15, 0.2) is 59.0 Å². The van der Waals surface area contributed by atoms with Gasteiger partial charge in [0.15, 0.2) is 11.6 Å². The average Bonchev–Trinajstić information content (AvgIpc) is 3.58. The highest BCUT2D eigenvalue weighted by Crippen LogP contribution is 2.34. The van der Waals surface area contributed by atoms with Gasteiger partial charge >= 0.3 is 12.2 Å². The summed E-state index contributed by atoms with van der Waals surface area (Å²) in [4.78, 5) is 30.9. The van der Waals surface area contributed by atoms with Crippen molar-refractivity contribution >= 4 is 23.4 Å². The Balaban J connectivity index is 1.16. The number of oxazole rings is 1. The molecule has 1 saturated heterocycles. The predicted octanol–water partition coefficient (Wildman–Crippen LogP) is 7.53. The molecule has 0 radical (unpaired) electrons. The highest BCUT2D eigenvalue weighted by atomic mass is 19.4. The van der Waals surface area contributed by atoms with Crippen LogP contribution in [0.3, 0.4) is 0 Å². The summed E-state index contributed by atoms with van der Waals surface area (Å²) in [6.07, 6.45) is -2.74. The Labute approximate surface area is 259 Å². The molecule has 3 heterocycles. The van der Waals surface area contributed by atoms with Gasteiger partial charge in [-0.15, -0.1) is 0 Å². The lowest BCUT2D eigenvalue weighted by molar-refractivity contribution is -0.153. The van der Waals surface area contributed by atoms with Crippen molar-refractivity contribution in [2.75, 3.05) is 23.7 Å². The number of aromatic nitrogens is 3. The van der Waals surface area contributed by atoms with E-state index in [0.29, 0.717) is 37.4 Å². The number of urea groups is 1. The lowest BCUT2D eigenvalue weighted by Gasteiger charge is -2.31. The Hall–Kier alpha value is -4.61. The van der Waals surface area contributed by atoms with Gasteiger partial charge in [-0.1, -0.05) is 50.6 Å². The van der Waals surface area contributed by atoms with Gasteiger partial charge in [0.25, 0.3) is 5.91 Å². The van der Waals surface area contributed by atoms with Crippen LogP contribution in [0.5, 0.6) is 0 Å². The van der Waals surface area contributed by atoms with E-state index >= 15 is 0 Å². The largest absolute Gasteiger partial charge is 0.452 e. The summed E-state index contributed by atoms with van der Waals surface area (Å²) in [6.45, 7) is 10.2. The molecule has 1 fully saturated rings. The van der Waals surface area contributed by atoms with Crippen molar-refractivity contribution in [3.63, 3.8) is 0 Å². The van der Waals surface area contributed by atoms with E-state index in [1.165, 1.54) is 11.8 Å². The Morgan fingerprint density at radius 2 is 1.60 bits per heavy atom. The molecule has 238 valence electrons. The number of hydrogen-bond donors (Lipinski definition) is 2. The number of benzene rings is 2. The molecule has 5 rings (SSSR count). The summed E-state index contributed by atoms with van der Waals surface area (Å²) in [5, 5.41) is 10.6. The molecule has 2 aromatic carbocycles. The van der Waals surface area contributed by atoms with Crippen molar-refractivity contribution in [3.05, 3.63) is 88.8 Å². The normalized spacial score (nSPS) is 14.4. The van der Waals surface area contributed by atoms with Gasteiger partial charge in [-0.3, -0.25) is 10.1 Å². The molecule has 1 aliphatic heterocycles. The fourth-order valence-corrected chi connectivity index (χ4v) is 5.31. The summed E-state index contributed by atoms with van der Waals surface area (Å²) < 4.78 is 46.3. The number of anilines is 2. The van der Waals surface area contributed by atoms with Crippen LogP contribution in [0, 0.1) is 19.8 Å². The molecule has 1 aliphatic rings. The van der Waals surface area contributed by atoms with Crippen molar-refractivity contribution in [2.45, 2.75) is 65.5 Å². The van der Waals surface area contributed by atoms with Gasteiger partial charge in [-0.05, 0) is 61.9 Å². The number of piperidine rings is 1. The van der Waals surface area contributed by atoms with E-state index in [9.17, 15) is 22.8 Å². The zero-order valence-electron chi connectivity index (χ0n) is 26.0. The first-order valence-electron chi connectivity index (χ1n) is 14.9. The van der Waals surface area contributed by atoms with Crippen LogP contribution in [0.4, 0.5) is 29.5 Å². The maximum atomic E-state index is 13.3. The Morgan fingerprint density at radius 3 is 2.20 bits per heavy atom. The first kappa shape index (κ1) is 31.8. The zero-order valence-corrected chi connectivity index (χ0v) is 26.0. The average molecular weight is 623 g/mol. The summed E-state index contributed by atoms with van der Waals surface area (Å²) in [5.74, 6) is -1.49. The third-order valence-corrected chi connectivity index (χ3v) is 7.83. The number of aryl methyl sites for hydroxylation is 2. The molecule has 0 unspecified atom stereocenters. The minimum atomic E-state index is -4.79. The highest BCUT2D eigenvalue weighted by molar-refractivity contribution is 5.99. The van der Waals surface area contributed by atoms with Crippen molar-refractivity contribution in [3.8, 4) is 5.69 Å². The second kappa shape index (κ2) is 12.4. The number of likely N-dealkylation sites (tertiary alicyclic amines) is 1. The summed E-state index contributed by atoms with van der Waals surface area (Å²) in [5.41, 5.74) is 3.60. The molecule has 0 atom stereocenters. The molecule has 2 aromatic heterocycles. The summed E-state index contributed by atoms with van der Waals surface area (Å²) >= 11 is 0. The van der Waals surface area contributed by atoms with Crippen LogP contribution in [-0.4, -0.2) is 44.7 Å². The second-order valence-electron chi connectivity index (χ2n) is 12.5. The first-order chi connectivity index (χ1) is 21.2. The SMILES string of the molecule is Cc1ccc(-n2nc(C(C)(C)C)cc2NC(=O)Nc2ccc(CC3CCN(C(=O)c4nc(C)oc4C(F)(F)F)CC3)cc2)cc1. The van der Waals surface area contributed by atoms with E-state index in [4.69, 9.17) is 5.10 Å². The topological polar surface area (TPSA) is 105 Å². The van der Waals surface area contributed by atoms with Gasteiger partial charge in [0.05, 0.1) is 11.4 Å². The molecule has 9 nitrogen and oxygen atoms in total. The Kier molecular flexibility index (Phi) is 8.77. The van der Waals surface area contributed by atoms with Crippen LogP contribution in [-0.2, 0) is 18.0 Å². The van der Waals surface area contributed by atoms with Crippen LogP contribution >= 0.6 is 0 Å². The van der Waals surface area contributed by atoms with Crippen molar-refractivity contribution in [1.29, 1.82) is 0 Å². The standard InChI is InChI=1S/C33H37F3N6O3/c1-20-6-12-25(13-7-20)42-27(19-26(40-42)32(3,4)5)39-31(44)38-24-10-8-22(9-11-24)18-23-14-16-41(17-15-23)30(43)28-29(33(34,35)36)45-21(2)37-28/h6-13,19,23H,14-18H2,1-5H3,(H2,38,39,44). The number of nitrogens with one attached hydrogen (secondary N) is 2. The number of nitrogens with zero attached hydrogens (tertiary/aromatic N) is 4. The Morgan fingerprint density at radius 1 is 0.956 bits per heavy atom. The van der Waals surface area contributed by atoms with E-state index in [0.717, 1.165) is 28.9 Å². The number of carbonyl (C=O) groups excluding carboxylic acids is 2. The molecular weight excluding hydrogens is 585 g/mol. The van der Waals surface area contributed by atoms with Crippen molar-refractivity contribution in [2.24, 2.45) is 5.92 Å². The van der Waals surface area contributed by atoms with Crippen LogP contribution < -0.4 is 10.6 Å². The molecule has 0 bridgehead atoms. The van der Waals surface area contributed by atoms with Gasteiger partial charge in [0, 0.05) is 37.2 Å². The number of carbonyl (C=O) groups is 2.